The van der Waals surface area contributed by atoms with Gasteiger partial charge in [0.25, 0.3) is 0 Å². The van der Waals surface area contributed by atoms with Gasteiger partial charge in [0.15, 0.2) is 0 Å². The van der Waals surface area contributed by atoms with Gasteiger partial charge in [-0.1, -0.05) is 28.9 Å². The van der Waals surface area contributed by atoms with E-state index in [2.05, 4.69) is 15.0 Å². The smallest absolute Gasteiger partial charge is 0.213 e. The summed E-state index contributed by atoms with van der Waals surface area (Å²) >= 11 is 5.77. The second-order valence-electron chi connectivity index (χ2n) is 2.67. The molecule has 6 heteroatoms. The van der Waals surface area contributed by atoms with E-state index in [4.69, 9.17) is 17.1 Å². The molecule has 1 aromatic heterocycles. The quantitative estimate of drug-likeness (QED) is 0.254. The van der Waals surface area contributed by atoms with Gasteiger partial charge in [0.05, 0.1) is 5.02 Å². The van der Waals surface area contributed by atoms with Crippen molar-refractivity contribution in [1.29, 1.82) is 0 Å². The summed E-state index contributed by atoms with van der Waals surface area (Å²) in [4.78, 5) is 6.00. The topological polar surface area (TPSA) is 61.7 Å². The van der Waals surface area contributed by atoms with Gasteiger partial charge in [0, 0.05) is 23.7 Å². The lowest BCUT2D eigenvalue weighted by Gasteiger charge is -1.96. The lowest BCUT2D eigenvalue weighted by atomic mass is 10.2. The fourth-order valence-electron chi connectivity index (χ4n) is 0.942. The van der Waals surface area contributed by atoms with Crippen LogP contribution in [0.5, 0.6) is 0 Å². The van der Waals surface area contributed by atoms with Crippen molar-refractivity contribution in [2.45, 2.75) is 6.42 Å². The van der Waals surface area contributed by atoms with Gasteiger partial charge in [0.1, 0.15) is 0 Å². The van der Waals surface area contributed by atoms with Crippen molar-refractivity contribution in [3.05, 3.63) is 45.3 Å². The highest BCUT2D eigenvalue weighted by Gasteiger charge is 1.98. The first kappa shape index (κ1) is 11.5. The van der Waals surface area contributed by atoms with Crippen LogP contribution < -0.4 is 0 Å². The summed E-state index contributed by atoms with van der Waals surface area (Å²) in [5.74, 6) is -0.575. The minimum absolute atomic E-state index is 0.373. The highest BCUT2D eigenvalue weighted by Crippen LogP contribution is 2.16. The van der Waals surface area contributed by atoms with E-state index >= 15 is 0 Å². The molecule has 0 aliphatic heterocycles. The van der Waals surface area contributed by atoms with Crippen molar-refractivity contribution in [2.75, 3.05) is 6.54 Å². The minimum Gasteiger partial charge on any atom is -0.227 e. The van der Waals surface area contributed by atoms with Gasteiger partial charge in [0.2, 0.25) is 5.95 Å². The Labute approximate surface area is 91.0 Å². The van der Waals surface area contributed by atoms with E-state index in [1.807, 2.05) is 0 Å². The number of nitrogens with zero attached hydrogens (tertiary/aromatic N) is 4. The maximum Gasteiger partial charge on any atom is 0.213 e. The lowest BCUT2D eigenvalue weighted by molar-refractivity contribution is 0.583. The van der Waals surface area contributed by atoms with Crippen LogP contribution >= 0.6 is 11.6 Å². The van der Waals surface area contributed by atoms with Gasteiger partial charge < -0.3 is 0 Å². The van der Waals surface area contributed by atoms with Crippen molar-refractivity contribution in [1.82, 2.24) is 4.98 Å². The molecule has 0 aromatic carbocycles. The van der Waals surface area contributed by atoms with Crippen LogP contribution in [-0.2, 0) is 0 Å². The summed E-state index contributed by atoms with van der Waals surface area (Å²) in [5, 5.41) is 3.74. The number of pyridine rings is 1. The van der Waals surface area contributed by atoms with Crippen LogP contribution in [0.25, 0.3) is 16.5 Å². The first-order valence-electron chi connectivity index (χ1n) is 4.22. The Hall–Kier alpha value is -1.58. The summed E-state index contributed by atoms with van der Waals surface area (Å²) in [6, 6.07) is 1.24. The van der Waals surface area contributed by atoms with Gasteiger partial charge in [-0.3, -0.25) is 0 Å². The Morgan fingerprint density at radius 2 is 2.47 bits per heavy atom. The molecule has 1 heterocycles. The van der Waals surface area contributed by atoms with Crippen LogP contribution in [0.1, 0.15) is 12.0 Å². The first-order chi connectivity index (χ1) is 7.24. The fourth-order valence-corrected chi connectivity index (χ4v) is 1.11. The zero-order valence-corrected chi connectivity index (χ0v) is 8.52. The SMILES string of the molecule is [N-]=[N+]=NCCC=Cc1cc(F)ncc1Cl. The molecule has 0 atom stereocenters. The number of rotatable bonds is 4. The Balaban J connectivity index is 2.63. The molecule has 0 N–H and O–H groups in total. The van der Waals surface area contributed by atoms with Gasteiger partial charge in [-0.25, -0.2) is 4.98 Å². The van der Waals surface area contributed by atoms with Crippen LogP contribution in [0.15, 0.2) is 23.5 Å². The normalized spacial score (nSPS) is 10.3. The average molecular weight is 227 g/mol. The van der Waals surface area contributed by atoms with Crippen molar-refractivity contribution in [3.8, 4) is 0 Å². The minimum atomic E-state index is -0.575. The summed E-state index contributed by atoms with van der Waals surface area (Å²) in [5.41, 5.74) is 8.58. The molecule has 4 nitrogen and oxygen atoms in total. The van der Waals surface area contributed by atoms with Crippen LogP contribution in [0.3, 0.4) is 0 Å². The largest absolute Gasteiger partial charge is 0.227 e. The Morgan fingerprint density at radius 3 is 3.20 bits per heavy atom. The molecule has 0 saturated carbocycles. The number of aromatic nitrogens is 1. The molecule has 0 saturated heterocycles. The molecule has 0 bridgehead atoms. The molecule has 0 unspecified atom stereocenters. The number of hydrogen-bond donors (Lipinski definition) is 0. The maximum absolute atomic E-state index is 12.7. The third-order valence-corrected chi connectivity index (χ3v) is 1.92. The van der Waals surface area contributed by atoms with E-state index in [0.29, 0.717) is 23.6 Å². The summed E-state index contributed by atoms with van der Waals surface area (Å²) in [7, 11) is 0. The molecule has 0 radical (unpaired) electrons. The van der Waals surface area contributed by atoms with Crippen molar-refractivity contribution >= 4 is 17.7 Å². The Morgan fingerprint density at radius 1 is 1.67 bits per heavy atom. The molecule has 0 aliphatic rings. The van der Waals surface area contributed by atoms with Crippen LogP contribution in [0.4, 0.5) is 4.39 Å². The standard InChI is InChI=1S/C9H8ClFN4/c10-8-6-13-9(11)5-7(8)3-1-2-4-14-15-12/h1,3,5-6H,2,4H2. The molecule has 1 aromatic rings. The van der Waals surface area contributed by atoms with Gasteiger partial charge in [-0.05, 0) is 17.5 Å². The predicted octanol–water partition coefficient (Wildman–Crippen LogP) is 3.59. The summed E-state index contributed by atoms with van der Waals surface area (Å²) in [6.45, 7) is 0.373. The molecule has 0 aliphatic carbocycles. The van der Waals surface area contributed by atoms with Crippen molar-refractivity contribution in [2.24, 2.45) is 5.11 Å². The van der Waals surface area contributed by atoms with Crippen LogP contribution in [-0.4, -0.2) is 11.5 Å². The molecule has 15 heavy (non-hydrogen) atoms. The van der Waals surface area contributed by atoms with E-state index in [9.17, 15) is 4.39 Å². The molecule has 0 spiro atoms. The monoisotopic (exact) mass is 226 g/mol. The molecular weight excluding hydrogens is 219 g/mol. The second-order valence-corrected chi connectivity index (χ2v) is 3.08. The molecular formula is C9H8ClFN4. The maximum atomic E-state index is 12.7. The molecule has 0 amide bonds. The average Bonchev–Trinajstić information content (AvgIpc) is 2.23. The van der Waals surface area contributed by atoms with E-state index in [1.165, 1.54) is 12.3 Å². The number of hydrogen-bond acceptors (Lipinski definition) is 2. The van der Waals surface area contributed by atoms with E-state index < -0.39 is 5.95 Å². The van der Waals surface area contributed by atoms with Crippen molar-refractivity contribution < 1.29 is 4.39 Å². The van der Waals surface area contributed by atoms with Gasteiger partial charge in [-0.2, -0.15) is 4.39 Å². The van der Waals surface area contributed by atoms with E-state index in [1.54, 1.807) is 12.2 Å². The molecule has 78 valence electrons. The summed E-state index contributed by atoms with van der Waals surface area (Å²) < 4.78 is 12.7. The zero-order chi connectivity index (χ0) is 11.1. The number of azide groups is 1. The summed E-state index contributed by atoms with van der Waals surface area (Å²) in [6.07, 6.45) is 5.27. The molecule has 0 fully saturated rings. The second kappa shape index (κ2) is 6.01. The van der Waals surface area contributed by atoms with E-state index in [-0.39, 0.29) is 0 Å². The lowest BCUT2D eigenvalue weighted by Crippen LogP contribution is -1.84. The van der Waals surface area contributed by atoms with Crippen LogP contribution in [0.2, 0.25) is 5.02 Å². The zero-order valence-electron chi connectivity index (χ0n) is 7.77. The van der Waals surface area contributed by atoms with E-state index in [0.717, 1.165) is 0 Å². The Bertz CT molecular complexity index is 413. The fraction of sp³-hybridized carbons (Fsp3) is 0.222. The third kappa shape index (κ3) is 3.97. The molecule has 1 rings (SSSR count). The van der Waals surface area contributed by atoms with Gasteiger partial charge >= 0.3 is 0 Å². The van der Waals surface area contributed by atoms with Crippen LogP contribution in [0, 0.1) is 5.95 Å². The predicted molar refractivity (Wildman–Crippen MR) is 56.9 cm³/mol. The van der Waals surface area contributed by atoms with Crippen molar-refractivity contribution in [3.63, 3.8) is 0 Å². The van der Waals surface area contributed by atoms with Gasteiger partial charge in [-0.15, -0.1) is 0 Å². The first-order valence-corrected chi connectivity index (χ1v) is 4.60. The number of halogens is 2. The highest BCUT2D eigenvalue weighted by atomic mass is 35.5. The Kier molecular flexibility index (Phi) is 4.60. The third-order valence-electron chi connectivity index (χ3n) is 1.61. The highest BCUT2D eigenvalue weighted by molar-refractivity contribution is 6.31.